The Bertz CT molecular complexity index is 1160. The largest absolute Gasteiger partial charge is 0.497 e. The lowest BCUT2D eigenvalue weighted by Crippen LogP contribution is -2.49. The first-order valence-electron chi connectivity index (χ1n) is 13.1. The fourth-order valence-electron chi connectivity index (χ4n) is 4.60. The van der Waals surface area contributed by atoms with Crippen LogP contribution in [-0.4, -0.2) is 99.2 Å². The number of nitrogens with zero attached hydrogens (tertiary/aromatic N) is 3. The second-order valence-corrected chi connectivity index (χ2v) is 9.42. The van der Waals surface area contributed by atoms with Crippen molar-refractivity contribution in [3.05, 3.63) is 59.7 Å². The summed E-state index contributed by atoms with van der Waals surface area (Å²) in [4.78, 5) is 42.7. The van der Waals surface area contributed by atoms with Crippen LogP contribution >= 0.6 is 0 Å². The van der Waals surface area contributed by atoms with Gasteiger partial charge in [-0.15, -0.1) is 0 Å². The summed E-state index contributed by atoms with van der Waals surface area (Å²) in [5.74, 6) is 0.0505. The van der Waals surface area contributed by atoms with Crippen molar-refractivity contribution in [3.8, 4) is 5.75 Å². The van der Waals surface area contributed by atoms with Gasteiger partial charge in [0.15, 0.2) is 0 Å². The molecule has 0 spiro atoms. The molecule has 2 aromatic carbocycles. The molecule has 2 aromatic rings. The zero-order valence-electron chi connectivity index (χ0n) is 22.4. The molecule has 2 aliphatic rings. The average molecular weight is 538 g/mol. The lowest BCUT2D eigenvalue weighted by molar-refractivity contribution is -0.143. The number of carbonyl (C=O) groups excluding carboxylic acids is 3. The summed E-state index contributed by atoms with van der Waals surface area (Å²) < 4.78 is 15.7. The highest BCUT2D eigenvalue weighted by Gasteiger charge is 2.34. The first-order valence-corrected chi connectivity index (χ1v) is 13.1. The first kappa shape index (κ1) is 28.1. The highest BCUT2D eigenvalue weighted by molar-refractivity contribution is 6.11. The van der Waals surface area contributed by atoms with Crippen molar-refractivity contribution in [2.24, 2.45) is 0 Å². The van der Waals surface area contributed by atoms with E-state index in [1.54, 1.807) is 60.5 Å². The van der Waals surface area contributed by atoms with Gasteiger partial charge in [0.2, 0.25) is 0 Å². The Morgan fingerprint density at radius 2 is 1.64 bits per heavy atom. The number of nitrogens with one attached hydrogen (secondary N) is 2. The molecule has 0 aliphatic carbocycles. The van der Waals surface area contributed by atoms with E-state index in [0.29, 0.717) is 55.2 Å². The summed E-state index contributed by atoms with van der Waals surface area (Å²) in [7, 11) is 1.55. The number of hydrogen-bond donors (Lipinski definition) is 2. The standard InChI is InChI=1S/C28H35N5O6/c1-3-38-25(34)12-13-31-14-16-32(17-15-31)18-24-19-33(28(36)39-24)22-8-4-20(5-9-22)26(29)30-27(35)21-6-10-23(37-2)11-7-21/h4-11,24H,3,12-19H2,1-2H3,(H2,29,30,35). The highest BCUT2D eigenvalue weighted by Crippen LogP contribution is 2.23. The maximum atomic E-state index is 12.6. The Kier molecular flexibility index (Phi) is 9.50. The number of benzene rings is 2. The molecule has 2 amide bonds. The maximum Gasteiger partial charge on any atom is 0.414 e. The van der Waals surface area contributed by atoms with E-state index in [0.717, 1.165) is 26.2 Å². The molecule has 11 nitrogen and oxygen atoms in total. The molecule has 39 heavy (non-hydrogen) atoms. The third-order valence-electron chi connectivity index (χ3n) is 6.80. The number of amidine groups is 1. The van der Waals surface area contributed by atoms with Gasteiger partial charge in [0.1, 0.15) is 17.7 Å². The van der Waals surface area contributed by atoms with Crippen LogP contribution in [0.3, 0.4) is 0 Å². The van der Waals surface area contributed by atoms with Gasteiger partial charge < -0.3 is 24.4 Å². The number of ether oxygens (including phenoxy) is 3. The number of esters is 1. The molecule has 1 atom stereocenters. The minimum atomic E-state index is -0.399. The third kappa shape index (κ3) is 7.55. The van der Waals surface area contributed by atoms with E-state index < -0.39 is 12.0 Å². The fourth-order valence-corrected chi connectivity index (χ4v) is 4.60. The van der Waals surface area contributed by atoms with E-state index in [4.69, 9.17) is 19.6 Å². The van der Waals surface area contributed by atoms with Crippen LogP contribution in [0.2, 0.25) is 0 Å². The molecule has 2 N–H and O–H groups in total. The van der Waals surface area contributed by atoms with Gasteiger partial charge in [0.25, 0.3) is 5.91 Å². The summed E-state index contributed by atoms with van der Waals surface area (Å²) in [5.41, 5.74) is 1.61. The van der Waals surface area contributed by atoms with Gasteiger partial charge in [-0.2, -0.15) is 0 Å². The predicted molar refractivity (Wildman–Crippen MR) is 145 cm³/mol. The summed E-state index contributed by atoms with van der Waals surface area (Å²) in [6.45, 7) is 7.38. The lowest BCUT2D eigenvalue weighted by atomic mass is 10.1. The minimum Gasteiger partial charge on any atom is -0.497 e. The molecular weight excluding hydrogens is 502 g/mol. The average Bonchev–Trinajstić information content (AvgIpc) is 3.32. The van der Waals surface area contributed by atoms with E-state index >= 15 is 0 Å². The van der Waals surface area contributed by atoms with Crippen molar-refractivity contribution in [3.63, 3.8) is 0 Å². The first-order chi connectivity index (χ1) is 18.9. The number of carbonyl (C=O) groups is 3. The second-order valence-electron chi connectivity index (χ2n) is 9.42. The molecule has 4 rings (SSSR count). The summed E-state index contributed by atoms with van der Waals surface area (Å²) in [6.07, 6.45) is -0.245. The summed E-state index contributed by atoms with van der Waals surface area (Å²) >= 11 is 0. The van der Waals surface area contributed by atoms with Crippen molar-refractivity contribution in [2.45, 2.75) is 19.4 Å². The van der Waals surface area contributed by atoms with Crippen molar-refractivity contribution in [2.75, 3.05) is 64.4 Å². The fraction of sp³-hybridized carbons (Fsp3) is 0.429. The summed E-state index contributed by atoms with van der Waals surface area (Å²) in [5, 5.41) is 10.9. The van der Waals surface area contributed by atoms with Gasteiger partial charge in [0.05, 0.1) is 26.7 Å². The number of amides is 2. The van der Waals surface area contributed by atoms with Crippen LogP contribution in [-0.2, 0) is 14.3 Å². The molecule has 0 radical (unpaired) electrons. The van der Waals surface area contributed by atoms with Crippen molar-refractivity contribution in [1.82, 2.24) is 15.1 Å². The molecule has 208 valence electrons. The number of anilines is 1. The Morgan fingerprint density at radius 1 is 1.00 bits per heavy atom. The van der Waals surface area contributed by atoms with Crippen LogP contribution in [0, 0.1) is 5.41 Å². The molecule has 0 bridgehead atoms. The molecule has 2 aliphatic heterocycles. The highest BCUT2D eigenvalue weighted by atomic mass is 16.6. The zero-order valence-corrected chi connectivity index (χ0v) is 22.4. The number of hydrogen-bond acceptors (Lipinski definition) is 9. The van der Waals surface area contributed by atoms with Crippen LogP contribution in [0.25, 0.3) is 0 Å². The van der Waals surface area contributed by atoms with Crippen molar-refractivity contribution in [1.29, 1.82) is 5.41 Å². The number of rotatable bonds is 10. The predicted octanol–water partition coefficient (Wildman–Crippen LogP) is 2.35. The smallest absolute Gasteiger partial charge is 0.414 e. The van der Waals surface area contributed by atoms with Crippen LogP contribution in [0.1, 0.15) is 29.3 Å². The zero-order chi connectivity index (χ0) is 27.8. The topological polar surface area (TPSA) is 125 Å². The summed E-state index contributed by atoms with van der Waals surface area (Å²) in [6, 6.07) is 13.5. The van der Waals surface area contributed by atoms with E-state index in [-0.39, 0.29) is 17.9 Å². The van der Waals surface area contributed by atoms with Gasteiger partial charge in [-0.25, -0.2) is 4.79 Å². The van der Waals surface area contributed by atoms with Gasteiger partial charge in [-0.3, -0.25) is 24.8 Å². The molecule has 2 saturated heterocycles. The van der Waals surface area contributed by atoms with Crippen molar-refractivity contribution >= 4 is 29.5 Å². The molecular formula is C28H35N5O6. The van der Waals surface area contributed by atoms with Gasteiger partial charge in [-0.05, 0) is 55.5 Å². The lowest BCUT2D eigenvalue weighted by Gasteiger charge is -2.35. The molecule has 11 heteroatoms. The number of cyclic esters (lactones) is 1. The Balaban J connectivity index is 1.23. The Labute approximate surface area is 228 Å². The number of methoxy groups -OCH3 is 1. The van der Waals surface area contributed by atoms with Crippen LogP contribution < -0.4 is 15.0 Å². The SMILES string of the molecule is CCOC(=O)CCN1CCN(CC2CN(c3ccc(C(=N)NC(=O)c4ccc(OC)cc4)cc3)C(=O)O2)CC1. The van der Waals surface area contributed by atoms with Gasteiger partial charge in [0, 0.05) is 56.1 Å². The quantitative estimate of drug-likeness (QED) is 0.269. The molecule has 1 unspecified atom stereocenters. The van der Waals surface area contributed by atoms with Gasteiger partial charge >= 0.3 is 12.1 Å². The number of piperazine rings is 1. The second kappa shape index (κ2) is 13.2. The van der Waals surface area contributed by atoms with E-state index in [2.05, 4.69) is 15.1 Å². The van der Waals surface area contributed by atoms with E-state index in [1.807, 2.05) is 6.92 Å². The van der Waals surface area contributed by atoms with Crippen molar-refractivity contribution < 1.29 is 28.6 Å². The normalized spacial score (nSPS) is 17.9. The van der Waals surface area contributed by atoms with Crippen LogP contribution in [0.4, 0.5) is 10.5 Å². The van der Waals surface area contributed by atoms with E-state index in [1.165, 1.54) is 0 Å². The molecule has 0 aromatic heterocycles. The molecule has 2 fully saturated rings. The third-order valence-corrected chi connectivity index (χ3v) is 6.80. The van der Waals surface area contributed by atoms with Gasteiger partial charge in [-0.1, -0.05) is 0 Å². The minimum absolute atomic E-state index is 0.0364. The Hall–Kier alpha value is -3.96. The molecule has 0 saturated carbocycles. The maximum absolute atomic E-state index is 12.6. The van der Waals surface area contributed by atoms with Crippen LogP contribution in [0.15, 0.2) is 48.5 Å². The van der Waals surface area contributed by atoms with Crippen LogP contribution in [0.5, 0.6) is 5.75 Å². The van der Waals surface area contributed by atoms with E-state index in [9.17, 15) is 14.4 Å². The monoisotopic (exact) mass is 537 g/mol. The Morgan fingerprint density at radius 3 is 2.28 bits per heavy atom. The molecule has 2 heterocycles.